The quantitative estimate of drug-likeness (QED) is 0.752. The molecule has 19 heavy (non-hydrogen) atoms. The Morgan fingerprint density at radius 3 is 2.68 bits per heavy atom. The van der Waals surface area contributed by atoms with Gasteiger partial charge >= 0.3 is 5.97 Å². The first-order valence-corrected chi connectivity index (χ1v) is 6.84. The second kappa shape index (κ2) is 4.72. The molecule has 4 heteroatoms. The third kappa shape index (κ3) is 2.13. The molecule has 3 N–H and O–H groups in total. The van der Waals surface area contributed by atoms with E-state index in [1.165, 1.54) is 10.5 Å². The highest BCUT2D eigenvalue weighted by Gasteiger charge is 2.23. The lowest BCUT2D eigenvalue weighted by Gasteiger charge is -2.22. The van der Waals surface area contributed by atoms with E-state index < -0.39 is 12.0 Å². The SMILES string of the molecule is NC(C(=O)O)c1cccc2c1Cc1ccccc1S2. The van der Waals surface area contributed by atoms with E-state index in [4.69, 9.17) is 10.8 Å². The fourth-order valence-corrected chi connectivity index (χ4v) is 3.46. The van der Waals surface area contributed by atoms with Gasteiger partial charge in [-0.1, -0.05) is 42.1 Å². The van der Waals surface area contributed by atoms with Crippen LogP contribution in [0.25, 0.3) is 0 Å². The zero-order valence-corrected chi connectivity index (χ0v) is 11.0. The van der Waals surface area contributed by atoms with E-state index in [1.54, 1.807) is 11.8 Å². The van der Waals surface area contributed by atoms with Gasteiger partial charge in [-0.05, 0) is 28.8 Å². The third-order valence-electron chi connectivity index (χ3n) is 3.33. The van der Waals surface area contributed by atoms with Crippen LogP contribution < -0.4 is 5.73 Å². The first-order chi connectivity index (χ1) is 9.16. The number of aliphatic carboxylic acids is 1. The molecule has 1 atom stereocenters. The number of benzene rings is 2. The second-order valence-electron chi connectivity index (χ2n) is 4.53. The van der Waals surface area contributed by atoms with Gasteiger partial charge < -0.3 is 10.8 Å². The van der Waals surface area contributed by atoms with Crippen LogP contribution in [0.2, 0.25) is 0 Å². The lowest BCUT2D eigenvalue weighted by Crippen LogP contribution is -2.23. The average molecular weight is 271 g/mol. The second-order valence-corrected chi connectivity index (χ2v) is 5.61. The van der Waals surface area contributed by atoms with Crippen molar-refractivity contribution in [1.82, 2.24) is 0 Å². The smallest absolute Gasteiger partial charge is 0.325 e. The minimum absolute atomic E-state index is 0.715. The van der Waals surface area contributed by atoms with Crippen LogP contribution >= 0.6 is 11.8 Å². The Bertz CT molecular complexity index is 654. The summed E-state index contributed by atoms with van der Waals surface area (Å²) in [6, 6.07) is 12.9. The Balaban J connectivity index is 2.08. The molecule has 0 fully saturated rings. The predicted molar refractivity (Wildman–Crippen MR) is 74.4 cm³/mol. The molecule has 2 aromatic rings. The number of carbonyl (C=O) groups is 1. The third-order valence-corrected chi connectivity index (χ3v) is 4.55. The summed E-state index contributed by atoms with van der Waals surface area (Å²) in [5, 5.41) is 9.10. The molecular formula is C15H13NO2S. The molecule has 0 aliphatic carbocycles. The molecule has 3 rings (SSSR count). The molecule has 3 nitrogen and oxygen atoms in total. The highest BCUT2D eigenvalue weighted by molar-refractivity contribution is 7.99. The molecular weight excluding hydrogens is 258 g/mol. The fourth-order valence-electron chi connectivity index (χ4n) is 2.35. The molecule has 0 radical (unpaired) electrons. The molecule has 96 valence electrons. The molecule has 0 bridgehead atoms. The molecule has 0 saturated heterocycles. The molecule has 0 amide bonds. The van der Waals surface area contributed by atoms with Gasteiger partial charge in [0.2, 0.25) is 0 Å². The summed E-state index contributed by atoms with van der Waals surface area (Å²) < 4.78 is 0. The zero-order valence-electron chi connectivity index (χ0n) is 10.2. The van der Waals surface area contributed by atoms with Crippen LogP contribution in [0.1, 0.15) is 22.7 Å². The van der Waals surface area contributed by atoms with Crippen molar-refractivity contribution in [3.8, 4) is 0 Å². The van der Waals surface area contributed by atoms with E-state index in [0.29, 0.717) is 5.56 Å². The molecule has 2 aromatic carbocycles. The van der Waals surface area contributed by atoms with E-state index in [1.807, 2.05) is 30.3 Å². The Morgan fingerprint density at radius 2 is 1.89 bits per heavy atom. The summed E-state index contributed by atoms with van der Waals surface area (Å²) in [6.07, 6.45) is 0.746. The zero-order chi connectivity index (χ0) is 13.4. The summed E-state index contributed by atoms with van der Waals surface area (Å²) in [5.74, 6) is -0.989. The molecule has 0 spiro atoms. The lowest BCUT2D eigenvalue weighted by atomic mass is 9.95. The van der Waals surface area contributed by atoms with Crippen molar-refractivity contribution in [1.29, 1.82) is 0 Å². The number of carboxylic acid groups (broad SMARTS) is 1. The summed E-state index contributed by atoms with van der Waals surface area (Å²) >= 11 is 1.68. The van der Waals surface area contributed by atoms with E-state index in [-0.39, 0.29) is 0 Å². The van der Waals surface area contributed by atoms with Crippen LogP contribution in [-0.2, 0) is 11.2 Å². The minimum Gasteiger partial charge on any atom is -0.480 e. The Kier molecular flexibility index (Phi) is 3.05. The number of fused-ring (bicyclic) bond motifs is 2. The van der Waals surface area contributed by atoms with Gasteiger partial charge in [-0.2, -0.15) is 0 Å². The maximum absolute atomic E-state index is 11.1. The van der Waals surface area contributed by atoms with E-state index in [2.05, 4.69) is 12.1 Å². The number of rotatable bonds is 2. The van der Waals surface area contributed by atoms with Gasteiger partial charge in [0, 0.05) is 16.2 Å². The molecule has 0 aromatic heterocycles. The standard InChI is InChI=1S/C15H13NO2S/c16-14(15(17)18)10-5-3-7-13-11(10)8-9-4-1-2-6-12(9)19-13/h1-7,14H,8,16H2,(H,17,18). The van der Waals surface area contributed by atoms with Crippen molar-refractivity contribution in [2.45, 2.75) is 22.3 Å². The lowest BCUT2D eigenvalue weighted by molar-refractivity contribution is -0.138. The van der Waals surface area contributed by atoms with Crippen LogP contribution in [0.15, 0.2) is 52.3 Å². The summed E-state index contributed by atoms with van der Waals surface area (Å²) in [4.78, 5) is 13.4. The predicted octanol–water partition coefficient (Wildman–Crippen LogP) is 2.83. The monoisotopic (exact) mass is 271 g/mol. The molecule has 0 saturated carbocycles. The van der Waals surface area contributed by atoms with Crippen molar-refractivity contribution >= 4 is 17.7 Å². The molecule has 1 heterocycles. The number of carboxylic acids is 1. The van der Waals surface area contributed by atoms with Gasteiger partial charge in [-0.3, -0.25) is 4.79 Å². The van der Waals surface area contributed by atoms with Crippen LogP contribution in [0.5, 0.6) is 0 Å². The number of hydrogen-bond donors (Lipinski definition) is 2. The summed E-state index contributed by atoms with van der Waals surface area (Å²) in [6.45, 7) is 0. The van der Waals surface area contributed by atoms with Crippen LogP contribution in [0.4, 0.5) is 0 Å². The first kappa shape index (κ1) is 12.3. The number of nitrogens with two attached hydrogens (primary N) is 1. The molecule has 1 aliphatic rings. The van der Waals surface area contributed by atoms with Crippen LogP contribution in [0, 0.1) is 0 Å². The largest absolute Gasteiger partial charge is 0.480 e. The maximum atomic E-state index is 11.1. The Labute approximate surface area is 115 Å². The van der Waals surface area contributed by atoms with Gasteiger partial charge in [0.05, 0.1) is 0 Å². The van der Waals surface area contributed by atoms with Gasteiger partial charge in [0.1, 0.15) is 6.04 Å². The van der Waals surface area contributed by atoms with Crippen LogP contribution in [-0.4, -0.2) is 11.1 Å². The Morgan fingerprint density at radius 1 is 1.16 bits per heavy atom. The van der Waals surface area contributed by atoms with Crippen molar-refractivity contribution in [2.24, 2.45) is 5.73 Å². The van der Waals surface area contributed by atoms with E-state index in [9.17, 15) is 4.79 Å². The summed E-state index contributed by atoms with van der Waals surface area (Å²) in [5.41, 5.74) is 8.76. The van der Waals surface area contributed by atoms with E-state index in [0.717, 1.165) is 16.9 Å². The normalized spacial score (nSPS) is 14.4. The molecule has 1 unspecified atom stereocenters. The maximum Gasteiger partial charge on any atom is 0.325 e. The number of hydrogen-bond acceptors (Lipinski definition) is 3. The molecule has 1 aliphatic heterocycles. The average Bonchev–Trinajstić information content (AvgIpc) is 2.43. The van der Waals surface area contributed by atoms with Crippen molar-refractivity contribution in [2.75, 3.05) is 0 Å². The summed E-state index contributed by atoms with van der Waals surface area (Å²) in [7, 11) is 0. The topological polar surface area (TPSA) is 63.3 Å². The van der Waals surface area contributed by atoms with Crippen molar-refractivity contribution in [3.63, 3.8) is 0 Å². The van der Waals surface area contributed by atoms with Crippen molar-refractivity contribution in [3.05, 3.63) is 59.2 Å². The van der Waals surface area contributed by atoms with Gasteiger partial charge in [0.25, 0.3) is 0 Å². The van der Waals surface area contributed by atoms with Gasteiger partial charge in [-0.25, -0.2) is 0 Å². The van der Waals surface area contributed by atoms with Crippen molar-refractivity contribution < 1.29 is 9.90 Å². The highest BCUT2D eigenvalue weighted by atomic mass is 32.2. The van der Waals surface area contributed by atoms with Gasteiger partial charge in [-0.15, -0.1) is 0 Å². The minimum atomic E-state index is -0.989. The van der Waals surface area contributed by atoms with Gasteiger partial charge in [0.15, 0.2) is 0 Å². The Hall–Kier alpha value is -1.78. The highest BCUT2D eigenvalue weighted by Crippen LogP contribution is 2.41. The fraction of sp³-hybridized carbons (Fsp3) is 0.133. The van der Waals surface area contributed by atoms with Crippen LogP contribution in [0.3, 0.4) is 0 Å². The van der Waals surface area contributed by atoms with E-state index >= 15 is 0 Å². The first-order valence-electron chi connectivity index (χ1n) is 6.03.